The Labute approximate surface area is 136 Å². The fraction of sp³-hybridized carbons (Fsp3) is 0.333. The highest BCUT2D eigenvalue weighted by molar-refractivity contribution is 6.33. The third-order valence-electron chi connectivity index (χ3n) is 3.77. The summed E-state index contributed by atoms with van der Waals surface area (Å²) in [6.07, 6.45) is -0.199. The SMILES string of the molecule is FC(F)(F)c1ccc(N2CCN(c3ccncc3Cl)CC2)nc1. The second-order valence-electron chi connectivity index (χ2n) is 5.20. The molecule has 0 amide bonds. The predicted molar refractivity (Wildman–Crippen MR) is 82.9 cm³/mol. The fourth-order valence-electron chi connectivity index (χ4n) is 2.54. The number of alkyl halides is 3. The molecule has 122 valence electrons. The summed E-state index contributed by atoms with van der Waals surface area (Å²) in [4.78, 5) is 12.0. The minimum atomic E-state index is -4.36. The summed E-state index contributed by atoms with van der Waals surface area (Å²) in [5.41, 5.74) is 0.185. The smallest absolute Gasteiger partial charge is 0.367 e. The van der Waals surface area contributed by atoms with Crippen molar-refractivity contribution >= 4 is 23.1 Å². The van der Waals surface area contributed by atoms with Crippen LogP contribution in [0.4, 0.5) is 24.7 Å². The van der Waals surface area contributed by atoms with Crippen molar-refractivity contribution in [3.05, 3.63) is 47.4 Å². The van der Waals surface area contributed by atoms with Gasteiger partial charge >= 0.3 is 6.18 Å². The number of anilines is 2. The van der Waals surface area contributed by atoms with Gasteiger partial charge in [0.25, 0.3) is 0 Å². The molecular weight excluding hydrogens is 329 g/mol. The van der Waals surface area contributed by atoms with Gasteiger partial charge in [0.1, 0.15) is 5.82 Å². The van der Waals surface area contributed by atoms with Crippen LogP contribution in [0.5, 0.6) is 0 Å². The Morgan fingerprint density at radius 3 is 2.22 bits per heavy atom. The number of halogens is 4. The van der Waals surface area contributed by atoms with Gasteiger partial charge in [-0.25, -0.2) is 4.98 Å². The van der Waals surface area contributed by atoms with Crippen molar-refractivity contribution in [2.45, 2.75) is 6.18 Å². The Bertz CT molecular complexity index is 667. The van der Waals surface area contributed by atoms with Crippen LogP contribution in [0.3, 0.4) is 0 Å². The minimum absolute atomic E-state index is 0.554. The number of rotatable bonds is 2. The van der Waals surface area contributed by atoms with E-state index < -0.39 is 11.7 Å². The van der Waals surface area contributed by atoms with Gasteiger partial charge in [-0.05, 0) is 18.2 Å². The molecule has 4 nitrogen and oxygen atoms in total. The van der Waals surface area contributed by atoms with Crippen molar-refractivity contribution in [2.24, 2.45) is 0 Å². The monoisotopic (exact) mass is 342 g/mol. The van der Waals surface area contributed by atoms with E-state index in [1.54, 1.807) is 12.4 Å². The third kappa shape index (κ3) is 3.50. The number of aromatic nitrogens is 2. The van der Waals surface area contributed by atoms with E-state index in [-0.39, 0.29) is 0 Å². The molecule has 8 heteroatoms. The van der Waals surface area contributed by atoms with Crippen molar-refractivity contribution in [1.82, 2.24) is 9.97 Å². The molecule has 0 aliphatic carbocycles. The first-order valence-corrected chi connectivity index (χ1v) is 7.45. The van der Waals surface area contributed by atoms with Crippen LogP contribution in [-0.4, -0.2) is 36.1 Å². The number of nitrogens with zero attached hydrogens (tertiary/aromatic N) is 4. The van der Waals surface area contributed by atoms with Crippen LogP contribution >= 0.6 is 11.6 Å². The first-order valence-electron chi connectivity index (χ1n) is 7.08. The maximum atomic E-state index is 12.6. The Kier molecular flexibility index (Phi) is 4.30. The van der Waals surface area contributed by atoms with Gasteiger partial charge in [0.2, 0.25) is 0 Å². The summed E-state index contributed by atoms with van der Waals surface area (Å²) in [6, 6.07) is 4.33. The normalized spacial score (nSPS) is 15.8. The van der Waals surface area contributed by atoms with Crippen LogP contribution in [-0.2, 0) is 6.18 Å². The second-order valence-corrected chi connectivity index (χ2v) is 5.61. The van der Waals surface area contributed by atoms with Gasteiger partial charge in [-0.3, -0.25) is 4.98 Å². The highest BCUT2D eigenvalue weighted by Crippen LogP contribution is 2.30. The highest BCUT2D eigenvalue weighted by atomic mass is 35.5. The second kappa shape index (κ2) is 6.23. The lowest BCUT2D eigenvalue weighted by molar-refractivity contribution is -0.137. The molecule has 0 unspecified atom stereocenters. The van der Waals surface area contributed by atoms with Crippen molar-refractivity contribution < 1.29 is 13.2 Å². The lowest BCUT2D eigenvalue weighted by atomic mass is 10.2. The van der Waals surface area contributed by atoms with E-state index in [0.717, 1.165) is 18.0 Å². The Balaban J connectivity index is 1.66. The predicted octanol–water partition coefficient (Wildman–Crippen LogP) is 3.48. The zero-order valence-corrected chi connectivity index (χ0v) is 12.8. The standard InChI is InChI=1S/C15H14ClF3N4/c16-12-10-20-4-3-13(12)22-5-7-23(8-6-22)14-2-1-11(9-21-14)15(17,18)19/h1-4,9-10H,5-8H2. The maximum absolute atomic E-state index is 12.6. The first kappa shape index (κ1) is 15.9. The largest absolute Gasteiger partial charge is 0.417 e. The summed E-state index contributed by atoms with van der Waals surface area (Å²) in [6.45, 7) is 2.76. The number of hydrogen-bond acceptors (Lipinski definition) is 4. The molecule has 0 bridgehead atoms. The quantitative estimate of drug-likeness (QED) is 0.836. The molecule has 0 atom stereocenters. The van der Waals surface area contributed by atoms with Gasteiger partial charge in [0, 0.05) is 44.8 Å². The van der Waals surface area contributed by atoms with E-state index in [2.05, 4.69) is 14.9 Å². The van der Waals surface area contributed by atoms with Crippen LogP contribution in [0.15, 0.2) is 36.8 Å². The Morgan fingerprint density at radius 2 is 1.65 bits per heavy atom. The van der Waals surface area contributed by atoms with Gasteiger partial charge in [-0.2, -0.15) is 13.2 Å². The van der Waals surface area contributed by atoms with E-state index >= 15 is 0 Å². The Morgan fingerprint density at radius 1 is 0.957 bits per heavy atom. The van der Waals surface area contributed by atoms with Crippen LogP contribution in [0, 0.1) is 0 Å². The molecule has 3 rings (SSSR count). The molecule has 23 heavy (non-hydrogen) atoms. The van der Waals surface area contributed by atoms with E-state index in [1.807, 2.05) is 11.0 Å². The molecule has 0 saturated carbocycles. The lowest BCUT2D eigenvalue weighted by Crippen LogP contribution is -2.47. The zero-order chi connectivity index (χ0) is 16.4. The topological polar surface area (TPSA) is 32.3 Å². The fourth-order valence-corrected chi connectivity index (χ4v) is 2.78. The van der Waals surface area contributed by atoms with Crippen LogP contribution in [0.2, 0.25) is 5.02 Å². The average molecular weight is 343 g/mol. The van der Waals surface area contributed by atoms with E-state index in [0.29, 0.717) is 37.0 Å². The molecule has 2 aromatic heterocycles. The molecule has 3 heterocycles. The molecule has 1 aliphatic rings. The Hall–Kier alpha value is -2.02. The molecule has 1 saturated heterocycles. The maximum Gasteiger partial charge on any atom is 0.417 e. The average Bonchev–Trinajstić information content (AvgIpc) is 2.55. The molecule has 0 spiro atoms. The van der Waals surface area contributed by atoms with Crippen molar-refractivity contribution in [2.75, 3.05) is 36.0 Å². The van der Waals surface area contributed by atoms with Crippen molar-refractivity contribution in [3.63, 3.8) is 0 Å². The summed E-state index contributed by atoms with van der Waals surface area (Å²) >= 11 is 6.13. The van der Waals surface area contributed by atoms with Gasteiger partial charge in [-0.1, -0.05) is 11.6 Å². The first-order chi connectivity index (χ1) is 10.9. The molecular formula is C15H14ClF3N4. The summed E-state index contributed by atoms with van der Waals surface area (Å²) in [5.74, 6) is 0.554. The molecule has 1 fully saturated rings. The van der Waals surface area contributed by atoms with Gasteiger partial charge in [0.15, 0.2) is 0 Å². The van der Waals surface area contributed by atoms with Gasteiger partial charge in [0.05, 0.1) is 16.3 Å². The molecule has 1 aliphatic heterocycles. The van der Waals surface area contributed by atoms with Crippen LogP contribution in [0.1, 0.15) is 5.56 Å². The lowest BCUT2D eigenvalue weighted by Gasteiger charge is -2.37. The number of hydrogen-bond donors (Lipinski definition) is 0. The highest BCUT2D eigenvalue weighted by Gasteiger charge is 2.31. The van der Waals surface area contributed by atoms with Crippen molar-refractivity contribution in [1.29, 1.82) is 0 Å². The minimum Gasteiger partial charge on any atom is -0.367 e. The van der Waals surface area contributed by atoms with E-state index in [9.17, 15) is 13.2 Å². The molecule has 0 aromatic carbocycles. The molecule has 0 N–H and O–H groups in total. The molecule has 0 radical (unpaired) electrons. The molecule has 2 aromatic rings. The van der Waals surface area contributed by atoms with Gasteiger partial charge in [-0.15, -0.1) is 0 Å². The van der Waals surface area contributed by atoms with Crippen LogP contribution < -0.4 is 9.80 Å². The van der Waals surface area contributed by atoms with Crippen LogP contribution in [0.25, 0.3) is 0 Å². The summed E-state index contributed by atoms with van der Waals surface area (Å²) in [5, 5.41) is 0.591. The van der Waals surface area contributed by atoms with E-state index in [4.69, 9.17) is 11.6 Å². The van der Waals surface area contributed by atoms with Crippen molar-refractivity contribution in [3.8, 4) is 0 Å². The zero-order valence-electron chi connectivity index (χ0n) is 12.1. The third-order valence-corrected chi connectivity index (χ3v) is 4.06. The van der Waals surface area contributed by atoms with Gasteiger partial charge < -0.3 is 9.80 Å². The summed E-state index contributed by atoms with van der Waals surface area (Å²) < 4.78 is 37.7. The number of pyridine rings is 2. The van der Waals surface area contributed by atoms with E-state index in [1.165, 1.54) is 6.07 Å². The number of piperazine rings is 1. The summed E-state index contributed by atoms with van der Waals surface area (Å²) in [7, 11) is 0.